The van der Waals surface area contributed by atoms with Gasteiger partial charge in [0.25, 0.3) is 0 Å². The lowest BCUT2D eigenvalue weighted by atomic mass is 9.92. The van der Waals surface area contributed by atoms with E-state index in [2.05, 4.69) is 5.32 Å². The molecule has 3 heteroatoms. The second-order valence-electron chi connectivity index (χ2n) is 4.47. The lowest BCUT2D eigenvalue weighted by Gasteiger charge is -2.28. The molecular formula is C13H19NO2. The summed E-state index contributed by atoms with van der Waals surface area (Å²) >= 11 is 0. The fourth-order valence-corrected chi connectivity index (χ4v) is 2.25. The van der Waals surface area contributed by atoms with Gasteiger partial charge in [0.2, 0.25) is 0 Å². The molecule has 0 bridgehead atoms. The highest BCUT2D eigenvalue weighted by atomic mass is 16.3. The third kappa shape index (κ3) is 2.74. The van der Waals surface area contributed by atoms with Crippen LogP contribution in [0, 0.1) is 0 Å². The van der Waals surface area contributed by atoms with Gasteiger partial charge in [-0.05, 0) is 18.9 Å². The van der Waals surface area contributed by atoms with Crippen molar-refractivity contribution in [3.8, 4) is 5.75 Å². The van der Waals surface area contributed by atoms with Crippen LogP contribution >= 0.6 is 0 Å². The molecule has 1 aliphatic carbocycles. The number of aliphatic hydroxyl groups excluding tert-OH is 1. The fourth-order valence-electron chi connectivity index (χ4n) is 2.25. The number of hydrogen-bond donors (Lipinski definition) is 3. The zero-order chi connectivity index (χ0) is 11.4. The normalized spacial score (nSPS) is 25.6. The first-order chi connectivity index (χ1) is 7.77. The van der Waals surface area contributed by atoms with E-state index in [0.29, 0.717) is 12.3 Å². The maximum Gasteiger partial charge on any atom is 0.120 e. The molecule has 2 rings (SSSR count). The summed E-state index contributed by atoms with van der Waals surface area (Å²) in [5.41, 5.74) is 0.889. The average Bonchev–Trinajstić information content (AvgIpc) is 2.30. The zero-order valence-electron chi connectivity index (χ0n) is 9.39. The molecule has 3 nitrogen and oxygen atoms in total. The largest absolute Gasteiger partial charge is 0.508 e. The Morgan fingerprint density at radius 1 is 1.19 bits per heavy atom. The van der Waals surface area contributed by atoms with Crippen LogP contribution in [0.25, 0.3) is 0 Å². The summed E-state index contributed by atoms with van der Waals surface area (Å²) in [6.45, 7) is 0.619. The van der Waals surface area contributed by atoms with Gasteiger partial charge in [0.1, 0.15) is 5.75 Å². The van der Waals surface area contributed by atoms with E-state index in [0.717, 1.165) is 24.8 Å². The second-order valence-corrected chi connectivity index (χ2v) is 4.47. The van der Waals surface area contributed by atoms with Crippen LogP contribution in [0.1, 0.15) is 31.2 Å². The molecule has 0 saturated heterocycles. The van der Waals surface area contributed by atoms with Gasteiger partial charge in [-0.2, -0.15) is 0 Å². The Balaban J connectivity index is 1.89. The average molecular weight is 221 g/mol. The van der Waals surface area contributed by atoms with Crippen molar-refractivity contribution < 1.29 is 10.2 Å². The Morgan fingerprint density at radius 2 is 1.94 bits per heavy atom. The molecule has 16 heavy (non-hydrogen) atoms. The SMILES string of the molecule is Oc1ccccc1CNC1CCCCC1O. The standard InChI is InChI=1S/C13H19NO2/c15-12-7-3-1-5-10(12)9-14-11-6-2-4-8-13(11)16/h1,3,5,7,11,13-16H,2,4,6,8-9H2. The van der Waals surface area contributed by atoms with E-state index in [4.69, 9.17) is 0 Å². The first kappa shape index (κ1) is 11.4. The fraction of sp³-hybridized carbons (Fsp3) is 0.538. The Hall–Kier alpha value is -1.06. The van der Waals surface area contributed by atoms with Gasteiger partial charge in [-0.15, -0.1) is 0 Å². The Bertz CT molecular complexity index is 340. The molecule has 0 radical (unpaired) electrons. The third-order valence-corrected chi connectivity index (χ3v) is 3.28. The van der Waals surface area contributed by atoms with Crippen LogP contribution in [0.5, 0.6) is 5.75 Å². The number of benzene rings is 1. The van der Waals surface area contributed by atoms with Crippen molar-refractivity contribution in [2.24, 2.45) is 0 Å². The van der Waals surface area contributed by atoms with E-state index < -0.39 is 0 Å². The van der Waals surface area contributed by atoms with Crippen LogP contribution in [-0.4, -0.2) is 22.4 Å². The lowest BCUT2D eigenvalue weighted by Crippen LogP contribution is -2.41. The van der Waals surface area contributed by atoms with Crippen molar-refractivity contribution >= 4 is 0 Å². The molecule has 2 unspecified atom stereocenters. The van der Waals surface area contributed by atoms with Gasteiger partial charge in [-0.1, -0.05) is 31.0 Å². The highest BCUT2D eigenvalue weighted by molar-refractivity contribution is 5.31. The molecule has 0 amide bonds. The summed E-state index contributed by atoms with van der Waals surface area (Å²) in [5.74, 6) is 0.320. The zero-order valence-corrected chi connectivity index (χ0v) is 9.39. The Morgan fingerprint density at radius 3 is 2.69 bits per heavy atom. The Kier molecular flexibility index (Phi) is 3.80. The molecule has 1 aliphatic rings. The highest BCUT2D eigenvalue weighted by Crippen LogP contribution is 2.20. The molecule has 2 atom stereocenters. The number of aromatic hydroxyl groups is 1. The summed E-state index contributed by atoms with van der Waals surface area (Å²) < 4.78 is 0. The molecule has 88 valence electrons. The molecule has 0 aliphatic heterocycles. The summed E-state index contributed by atoms with van der Waals surface area (Å²) in [6.07, 6.45) is 3.97. The van der Waals surface area contributed by atoms with Gasteiger partial charge in [-0.25, -0.2) is 0 Å². The van der Waals surface area contributed by atoms with Crippen LogP contribution in [-0.2, 0) is 6.54 Å². The lowest BCUT2D eigenvalue weighted by molar-refractivity contribution is 0.0901. The number of rotatable bonds is 3. The monoisotopic (exact) mass is 221 g/mol. The maximum atomic E-state index is 9.79. The van der Waals surface area contributed by atoms with Gasteiger partial charge >= 0.3 is 0 Å². The number of phenols is 1. The molecule has 1 fully saturated rings. The van der Waals surface area contributed by atoms with Crippen molar-refractivity contribution in [3.63, 3.8) is 0 Å². The number of aliphatic hydroxyl groups is 1. The van der Waals surface area contributed by atoms with Crippen molar-refractivity contribution in [3.05, 3.63) is 29.8 Å². The number of hydrogen-bond acceptors (Lipinski definition) is 3. The van der Waals surface area contributed by atoms with Gasteiger partial charge in [0.15, 0.2) is 0 Å². The molecule has 1 saturated carbocycles. The minimum absolute atomic E-state index is 0.174. The van der Waals surface area contributed by atoms with Crippen LogP contribution in [0.2, 0.25) is 0 Å². The van der Waals surface area contributed by atoms with Crippen molar-refractivity contribution in [2.45, 2.75) is 44.4 Å². The van der Waals surface area contributed by atoms with E-state index in [-0.39, 0.29) is 12.1 Å². The van der Waals surface area contributed by atoms with E-state index in [1.165, 1.54) is 6.42 Å². The summed E-state index contributed by atoms with van der Waals surface area (Å²) in [6, 6.07) is 7.49. The predicted molar refractivity (Wildman–Crippen MR) is 63.2 cm³/mol. The number of para-hydroxylation sites is 1. The molecule has 1 aromatic rings. The van der Waals surface area contributed by atoms with Crippen molar-refractivity contribution in [1.82, 2.24) is 5.32 Å². The second kappa shape index (κ2) is 5.32. The quantitative estimate of drug-likeness (QED) is 0.729. The number of phenolic OH excluding ortho intramolecular Hbond substituents is 1. The minimum Gasteiger partial charge on any atom is -0.508 e. The van der Waals surface area contributed by atoms with Gasteiger partial charge in [0.05, 0.1) is 6.10 Å². The van der Waals surface area contributed by atoms with Crippen molar-refractivity contribution in [2.75, 3.05) is 0 Å². The van der Waals surface area contributed by atoms with E-state index in [1.54, 1.807) is 6.07 Å². The Labute approximate surface area is 96.1 Å². The molecule has 3 N–H and O–H groups in total. The first-order valence-corrected chi connectivity index (χ1v) is 5.95. The van der Waals surface area contributed by atoms with Crippen LogP contribution in [0.3, 0.4) is 0 Å². The summed E-state index contributed by atoms with van der Waals surface area (Å²) in [4.78, 5) is 0. The minimum atomic E-state index is -0.236. The van der Waals surface area contributed by atoms with Crippen LogP contribution < -0.4 is 5.32 Å². The summed E-state index contributed by atoms with van der Waals surface area (Å²) in [7, 11) is 0. The number of nitrogens with one attached hydrogen (secondary N) is 1. The van der Waals surface area contributed by atoms with Crippen molar-refractivity contribution in [1.29, 1.82) is 0 Å². The molecule has 0 heterocycles. The van der Waals surface area contributed by atoms with Gasteiger partial charge in [0, 0.05) is 18.2 Å². The molecule has 0 aromatic heterocycles. The van der Waals surface area contributed by atoms with E-state index >= 15 is 0 Å². The molecular weight excluding hydrogens is 202 g/mol. The third-order valence-electron chi connectivity index (χ3n) is 3.28. The van der Waals surface area contributed by atoms with Gasteiger partial charge < -0.3 is 15.5 Å². The predicted octanol–water partition coefficient (Wildman–Crippen LogP) is 1.79. The first-order valence-electron chi connectivity index (χ1n) is 5.95. The van der Waals surface area contributed by atoms with E-state index in [1.807, 2.05) is 18.2 Å². The topological polar surface area (TPSA) is 52.5 Å². The van der Waals surface area contributed by atoms with E-state index in [9.17, 15) is 10.2 Å². The van der Waals surface area contributed by atoms with Crippen LogP contribution in [0.15, 0.2) is 24.3 Å². The smallest absolute Gasteiger partial charge is 0.120 e. The van der Waals surface area contributed by atoms with Crippen LogP contribution in [0.4, 0.5) is 0 Å². The molecule has 0 spiro atoms. The maximum absolute atomic E-state index is 9.79. The molecule has 1 aromatic carbocycles. The highest BCUT2D eigenvalue weighted by Gasteiger charge is 2.22. The van der Waals surface area contributed by atoms with Gasteiger partial charge in [-0.3, -0.25) is 0 Å². The summed E-state index contributed by atoms with van der Waals surface area (Å²) in [5, 5.41) is 22.7.